The first-order chi connectivity index (χ1) is 28.2. The standard InChI is InChI=1S/C44H58N4O10/c1-5-23-47(40(51)22-17-30-15-18-32(19-16-30)48(53)54)39-29-37(46-56-8-4)35-27-31(13-9-11-24-49)34(14-10-12-25-50)41-36-28-33(57-43(52)45-7-3)20-21-38(36)58-44(39,42(35)41)55-26-6-2/h6,15-22,27-28,31,34,39,41-42,49-50H,2,5,7-14,23-26,29H2,1,3-4H3,(H,45,52). The zero-order valence-corrected chi connectivity index (χ0v) is 33.8. The summed E-state index contributed by atoms with van der Waals surface area (Å²) in [6.07, 6.45) is 11.7. The monoisotopic (exact) mass is 802 g/mol. The molecule has 1 fully saturated rings. The first kappa shape index (κ1) is 44.1. The fourth-order valence-corrected chi connectivity index (χ4v) is 8.77. The third-order valence-electron chi connectivity index (χ3n) is 11.1. The first-order valence-electron chi connectivity index (χ1n) is 20.5. The third kappa shape index (κ3) is 9.96. The zero-order chi connectivity index (χ0) is 41.7. The van der Waals surface area contributed by atoms with Crippen molar-refractivity contribution < 1.29 is 43.8 Å². The SMILES string of the molecule is C=CCOC12Oc3ccc(OC(=O)NCC)cc3C3C(CCCCO)C(CCCCO)C=C(C(=NOCC)CC1N(CCC)C(=O)C=Cc1ccc([N+](=O)[O-])cc1)C32. The van der Waals surface area contributed by atoms with Gasteiger partial charge in [0.15, 0.2) is 0 Å². The van der Waals surface area contributed by atoms with E-state index < -0.39 is 28.8 Å². The van der Waals surface area contributed by atoms with Crippen molar-refractivity contribution in [1.29, 1.82) is 0 Å². The van der Waals surface area contributed by atoms with Gasteiger partial charge in [0, 0.05) is 62.4 Å². The molecule has 14 heteroatoms. The predicted octanol–water partition coefficient (Wildman–Crippen LogP) is 7.31. The number of nitro groups is 1. The molecule has 58 heavy (non-hydrogen) atoms. The van der Waals surface area contributed by atoms with Gasteiger partial charge in [0.25, 0.3) is 5.69 Å². The summed E-state index contributed by atoms with van der Waals surface area (Å²) < 4.78 is 19.9. The summed E-state index contributed by atoms with van der Waals surface area (Å²) >= 11 is 0. The van der Waals surface area contributed by atoms with Crippen molar-refractivity contribution in [3.63, 3.8) is 0 Å². The lowest BCUT2D eigenvalue weighted by molar-refractivity contribution is -0.384. The lowest BCUT2D eigenvalue weighted by Gasteiger charge is -2.60. The number of rotatable bonds is 21. The van der Waals surface area contributed by atoms with Crippen LogP contribution in [0.25, 0.3) is 6.08 Å². The van der Waals surface area contributed by atoms with Crippen LogP contribution in [0.1, 0.15) is 89.2 Å². The van der Waals surface area contributed by atoms with Gasteiger partial charge in [-0.15, -0.1) is 6.58 Å². The number of unbranched alkanes of at least 4 members (excludes halogenated alkanes) is 2. The predicted molar refractivity (Wildman–Crippen MR) is 220 cm³/mol. The van der Waals surface area contributed by atoms with Crippen LogP contribution in [-0.2, 0) is 14.4 Å². The number of non-ortho nitro benzene ring substituents is 1. The van der Waals surface area contributed by atoms with E-state index in [-0.39, 0.29) is 55.6 Å². The molecule has 0 aromatic heterocycles. The summed E-state index contributed by atoms with van der Waals surface area (Å²) in [5, 5.41) is 38.3. The van der Waals surface area contributed by atoms with Gasteiger partial charge in [-0.1, -0.05) is 37.1 Å². The van der Waals surface area contributed by atoms with Crippen LogP contribution >= 0.6 is 0 Å². The Balaban J connectivity index is 1.73. The summed E-state index contributed by atoms with van der Waals surface area (Å²) in [6, 6.07) is 10.6. The van der Waals surface area contributed by atoms with Crippen LogP contribution in [-0.4, -0.2) is 89.1 Å². The number of hydrogen-bond acceptors (Lipinski definition) is 11. The molecule has 0 saturated heterocycles. The number of nitrogens with zero attached hydrogens (tertiary/aromatic N) is 3. The Bertz CT molecular complexity index is 1830. The van der Waals surface area contributed by atoms with E-state index in [1.54, 1.807) is 41.3 Å². The second kappa shape index (κ2) is 21.1. The molecule has 0 bridgehead atoms. The molecule has 2 aromatic rings. The number of aliphatic hydroxyl groups is 2. The Morgan fingerprint density at radius 2 is 1.83 bits per heavy atom. The minimum Gasteiger partial charge on any atom is -0.459 e. The van der Waals surface area contributed by atoms with Crippen molar-refractivity contribution in [1.82, 2.24) is 10.2 Å². The van der Waals surface area contributed by atoms with Crippen LogP contribution < -0.4 is 14.8 Å². The third-order valence-corrected chi connectivity index (χ3v) is 11.1. The molecular weight excluding hydrogens is 745 g/mol. The molecule has 1 heterocycles. The van der Waals surface area contributed by atoms with E-state index in [1.807, 2.05) is 26.8 Å². The molecule has 6 atom stereocenters. The summed E-state index contributed by atoms with van der Waals surface area (Å²) in [5.74, 6) is -1.62. The van der Waals surface area contributed by atoms with Crippen molar-refractivity contribution in [3.05, 3.63) is 94.1 Å². The molecular formula is C44H58N4O10. The lowest BCUT2D eigenvalue weighted by Crippen LogP contribution is -2.70. The molecule has 2 amide bonds. The minimum atomic E-state index is -1.44. The second-order valence-electron chi connectivity index (χ2n) is 14.8. The Labute approximate surface area is 340 Å². The number of carbonyl (C=O) groups is 2. The summed E-state index contributed by atoms with van der Waals surface area (Å²) in [5.41, 5.74) is 2.99. The highest BCUT2D eigenvalue weighted by molar-refractivity contribution is 6.03. The quantitative estimate of drug-likeness (QED) is 0.0381. The van der Waals surface area contributed by atoms with Crippen LogP contribution in [0.5, 0.6) is 11.5 Å². The number of allylic oxidation sites excluding steroid dienone is 1. The van der Waals surface area contributed by atoms with Crippen LogP contribution in [0.2, 0.25) is 0 Å². The number of oxime groups is 1. The van der Waals surface area contributed by atoms with Crippen LogP contribution in [0.4, 0.5) is 10.5 Å². The number of ether oxygens (including phenoxy) is 3. The number of nitro benzene ring substituents is 1. The highest BCUT2D eigenvalue weighted by atomic mass is 16.7. The average Bonchev–Trinajstić information content (AvgIpc) is 3.22. The van der Waals surface area contributed by atoms with Crippen molar-refractivity contribution in [2.75, 3.05) is 39.5 Å². The Hall–Kier alpha value is -5.05. The van der Waals surface area contributed by atoms with Gasteiger partial charge in [-0.3, -0.25) is 14.9 Å². The number of benzene rings is 2. The molecule has 5 rings (SSSR count). The Morgan fingerprint density at radius 1 is 1.09 bits per heavy atom. The molecule has 14 nitrogen and oxygen atoms in total. The highest BCUT2D eigenvalue weighted by Crippen LogP contribution is 2.62. The summed E-state index contributed by atoms with van der Waals surface area (Å²) in [4.78, 5) is 45.5. The zero-order valence-electron chi connectivity index (χ0n) is 33.8. The smallest absolute Gasteiger partial charge is 0.412 e. The highest BCUT2D eigenvalue weighted by Gasteiger charge is 2.65. The molecule has 2 aromatic carbocycles. The van der Waals surface area contributed by atoms with Gasteiger partial charge < -0.3 is 39.5 Å². The fourth-order valence-electron chi connectivity index (χ4n) is 8.77. The Morgan fingerprint density at radius 3 is 2.48 bits per heavy atom. The van der Waals surface area contributed by atoms with Gasteiger partial charge in [-0.25, -0.2) is 4.79 Å². The number of carbonyl (C=O) groups excluding carboxylic acids is 2. The van der Waals surface area contributed by atoms with Gasteiger partial charge >= 0.3 is 6.09 Å². The van der Waals surface area contributed by atoms with Gasteiger partial charge in [0.05, 0.1) is 23.2 Å². The topological polar surface area (TPSA) is 182 Å². The van der Waals surface area contributed by atoms with Crippen LogP contribution in [0.15, 0.2) is 78.0 Å². The fraction of sp³-hybridized carbons (Fsp3) is 0.523. The van der Waals surface area contributed by atoms with Gasteiger partial charge in [0.1, 0.15) is 24.1 Å². The maximum Gasteiger partial charge on any atom is 0.412 e. The number of amides is 2. The van der Waals surface area contributed by atoms with Crippen molar-refractivity contribution in [3.8, 4) is 11.5 Å². The molecule has 3 N–H and O–H groups in total. The normalized spacial score (nSPS) is 23.9. The van der Waals surface area contributed by atoms with Crippen LogP contribution in [0.3, 0.4) is 0 Å². The average molecular weight is 803 g/mol. The molecule has 3 aliphatic rings. The number of hydrogen-bond donors (Lipinski definition) is 3. The van der Waals surface area contributed by atoms with E-state index in [0.29, 0.717) is 61.7 Å². The van der Waals surface area contributed by atoms with E-state index in [1.165, 1.54) is 18.2 Å². The molecule has 0 radical (unpaired) electrons. The minimum absolute atomic E-state index is 0.00230. The maximum atomic E-state index is 14.5. The first-order valence-corrected chi connectivity index (χ1v) is 20.5. The van der Waals surface area contributed by atoms with E-state index in [0.717, 1.165) is 36.8 Å². The van der Waals surface area contributed by atoms with Crippen molar-refractivity contribution >= 4 is 29.5 Å². The Kier molecular flexibility index (Phi) is 16.0. The summed E-state index contributed by atoms with van der Waals surface area (Å²) in [7, 11) is 0. The molecule has 2 aliphatic carbocycles. The molecule has 6 unspecified atom stereocenters. The molecule has 314 valence electrons. The van der Waals surface area contributed by atoms with Gasteiger partial charge in [-0.2, -0.15) is 0 Å². The second-order valence-corrected chi connectivity index (χ2v) is 14.8. The molecule has 1 aliphatic heterocycles. The van der Waals surface area contributed by atoms with Gasteiger partial charge in [-0.05, 0) is 105 Å². The number of nitrogens with one attached hydrogen (secondary N) is 1. The van der Waals surface area contributed by atoms with E-state index in [4.69, 9.17) is 24.2 Å². The largest absolute Gasteiger partial charge is 0.459 e. The van der Waals surface area contributed by atoms with E-state index >= 15 is 0 Å². The maximum absolute atomic E-state index is 14.5. The lowest BCUT2D eigenvalue weighted by atomic mass is 9.55. The molecule has 1 saturated carbocycles. The molecule has 0 spiro atoms. The van der Waals surface area contributed by atoms with E-state index in [2.05, 4.69) is 18.0 Å². The van der Waals surface area contributed by atoms with Crippen LogP contribution in [0, 0.1) is 27.9 Å². The van der Waals surface area contributed by atoms with Crippen molar-refractivity contribution in [2.24, 2.45) is 22.9 Å². The number of fused-ring (bicyclic) bond motifs is 2. The van der Waals surface area contributed by atoms with Crippen molar-refractivity contribution in [2.45, 2.75) is 89.9 Å². The van der Waals surface area contributed by atoms with Gasteiger partial charge in [0.2, 0.25) is 11.7 Å². The summed E-state index contributed by atoms with van der Waals surface area (Å²) in [6.45, 7) is 11.0. The van der Waals surface area contributed by atoms with E-state index in [9.17, 15) is 29.9 Å². The number of aliphatic hydroxyl groups excluding tert-OH is 2.